The molecule has 2 heterocycles. The van der Waals surface area contributed by atoms with E-state index in [4.69, 9.17) is 10.5 Å². The van der Waals surface area contributed by atoms with Crippen LogP contribution in [0.25, 0.3) is 11.3 Å². The molecule has 1 saturated heterocycles. The van der Waals surface area contributed by atoms with Crippen LogP contribution in [0.2, 0.25) is 0 Å². The van der Waals surface area contributed by atoms with E-state index in [0.29, 0.717) is 24.9 Å². The van der Waals surface area contributed by atoms with E-state index in [1.54, 1.807) is 20.8 Å². The van der Waals surface area contributed by atoms with Gasteiger partial charge in [-0.3, -0.25) is 9.88 Å². The monoisotopic (exact) mass is 465 g/mol. The molecule has 1 aromatic heterocycles. The van der Waals surface area contributed by atoms with Gasteiger partial charge in [0.05, 0.1) is 29.7 Å². The molecule has 0 bridgehead atoms. The molecule has 11 heteroatoms. The number of halogens is 3. The standard InChI is InChI=1S/C22H26F3N5O3/c1-21(2,3)33-20(32)29-10-4-5-16(13-29)30(19(26)31)18-12-27-11-17(28-18)14-6-8-15(9-7-14)22(23,24)25/h6-9,11-12,16H,4-5,10,13H2,1-3H3,(H2,26,31)/t16-/m0/s1. The summed E-state index contributed by atoms with van der Waals surface area (Å²) in [5.74, 6) is 0.149. The number of anilines is 1. The van der Waals surface area contributed by atoms with E-state index in [1.165, 1.54) is 34.3 Å². The number of benzene rings is 1. The summed E-state index contributed by atoms with van der Waals surface area (Å²) in [6.45, 7) is 5.98. The summed E-state index contributed by atoms with van der Waals surface area (Å²) in [6.07, 6.45) is -0.991. The minimum absolute atomic E-state index is 0.149. The third-order valence-corrected chi connectivity index (χ3v) is 5.03. The van der Waals surface area contributed by atoms with Gasteiger partial charge in [0.25, 0.3) is 0 Å². The number of primary amides is 1. The van der Waals surface area contributed by atoms with Crippen LogP contribution in [0.5, 0.6) is 0 Å². The Morgan fingerprint density at radius 1 is 1.15 bits per heavy atom. The fourth-order valence-corrected chi connectivity index (χ4v) is 3.58. The second-order valence-electron chi connectivity index (χ2n) is 8.77. The number of hydrogen-bond acceptors (Lipinski definition) is 5. The fraction of sp³-hybridized carbons (Fsp3) is 0.455. The van der Waals surface area contributed by atoms with E-state index >= 15 is 0 Å². The first kappa shape index (κ1) is 24.3. The number of nitrogens with zero attached hydrogens (tertiary/aromatic N) is 4. The van der Waals surface area contributed by atoms with Crippen LogP contribution in [0.4, 0.5) is 28.6 Å². The van der Waals surface area contributed by atoms with E-state index in [9.17, 15) is 22.8 Å². The quantitative estimate of drug-likeness (QED) is 0.722. The SMILES string of the molecule is CC(C)(C)OC(=O)N1CCC[C@H](N(C(N)=O)c2cncc(-c3ccc(C(F)(F)F)cc3)n2)C1. The lowest BCUT2D eigenvalue weighted by Gasteiger charge is -2.38. The van der Waals surface area contributed by atoms with Crippen molar-refractivity contribution in [2.45, 2.75) is 51.4 Å². The average molecular weight is 465 g/mol. The molecule has 1 aromatic carbocycles. The molecular weight excluding hydrogens is 439 g/mol. The molecule has 3 rings (SSSR count). The van der Waals surface area contributed by atoms with Crippen LogP contribution in [0.3, 0.4) is 0 Å². The van der Waals surface area contributed by atoms with Gasteiger partial charge in [-0.05, 0) is 45.7 Å². The molecule has 1 fully saturated rings. The van der Waals surface area contributed by atoms with E-state index in [1.807, 2.05) is 0 Å². The van der Waals surface area contributed by atoms with Crippen molar-refractivity contribution < 1.29 is 27.5 Å². The third kappa shape index (κ3) is 6.11. The van der Waals surface area contributed by atoms with Crippen molar-refractivity contribution in [2.24, 2.45) is 5.73 Å². The Labute approximate surface area is 189 Å². The molecule has 0 radical (unpaired) electrons. The zero-order valence-electron chi connectivity index (χ0n) is 18.6. The van der Waals surface area contributed by atoms with Gasteiger partial charge in [-0.1, -0.05) is 12.1 Å². The number of nitrogens with two attached hydrogens (primary N) is 1. The predicted molar refractivity (Wildman–Crippen MR) is 115 cm³/mol. The maximum Gasteiger partial charge on any atom is 0.416 e. The molecule has 0 unspecified atom stereocenters. The van der Waals surface area contributed by atoms with Gasteiger partial charge in [-0.25, -0.2) is 14.6 Å². The molecule has 1 atom stereocenters. The molecule has 178 valence electrons. The van der Waals surface area contributed by atoms with Crippen LogP contribution in [-0.4, -0.2) is 51.7 Å². The zero-order chi connectivity index (χ0) is 24.4. The van der Waals surface area contributed by atoms with Gasteiger partial charge in [-0.15, -0.1) is 0 Å². The van der Waals surface area contributed by atoms with Gasteiger partial charge in [0, 0.05) is 18.7 Å². The Bertz CT molecular complexity index is 1010. The van der Waals surface area contributed by atoms with Gasteiger partial charge in [0.2, 0.25) is 0 Å². The Morgan fingerprint density at radius 3 is 2.39 bits per heavy atom. The minimum atomic E-state index is -4.45. The maximum atomic E-state index is 12.8. The molecule has 1 aliphatic heterocycles. The lowest BCUT2D eigenvalue weighted by atomic mass is 10.0. The van der Waals surface area contributed by atoms with Crippen molar-refractivity contribution in [2.75, 3.05) is 18.0 Å². The maximum absolute atomic E-state index is 12.8. The molecule has 0 saturated carbocycles. The van der Waals surface area contributed by atoms with Crippen molar-refractivity contribution in [3.63, 3.8) is 0 Å². The number of urea groups is 1. The lowest BCUT2D eigenvalue weighted by molar-refractivity contribution is -0.137. The van der Waals surface area contributed by atoms with Crippen molar-refractivity contribution in [1.82, 2.24) is 14.9 Å². The normalized spacial score (nSPS) is 16.9. The zero-order valence-corrected chi connectivity index (χ0v) is 18.6. The van der Waals surface area contributed by atoms with Crippen LogP contribution in [-0.2, 0) is 10.9 Å². The number of piperidine rings is 1. The number of carbonyl (C=O) groups excluding carboxylic acids is 2. The van der Waals surface area contributed by atoms with Gasteiger partial charge >= 0.3 is 18.3 Å². The number of aromatic nitrogens is 2. The third-order valence-electron chi connectivity index (χ3n) is 5.03. The summed E-state index contributed by atoms with van der Waals surface area (Å²) >= 11 is 0. The molecule has 33 heavy (non-hydrogen) atoms. The number of rotatable bonds is 3. The first-order valence-corrected chi connectivity index (χ1v) is 10.4. The Balaban J connectivity index is 1.84. The predicted octanol–water partition coefficient (Wildman–Crippen LogP) is 4.45. The highest BCUT2D eigenvalue weighted by atomic mass is 19.4. The van der Waals surface area contributed by atoms with E-state index in [-0.39, 0.29) is 18.1 Å². The molecule has 0 spiro atoms. The van der Waals surface area contributed by atoms with Crippen LogP contribution in [0.1, 0.15) is 39.2 Å². The van der Waals surface area contributed by atoms with Crippen molar-refractivity contribution in [3.05, 3.63) is 42.2 Å². The minimum Gasteiger partial charge on any atom is -0.444 e. The van der Waals surface area contributed by atoms with Gasteiger partial charge in [0.1, 0.15) is 5.60 Å². The molecule has 3 amide bonds. The number of carbonyl (C=O) groups is 2. The summed E-state index contributed by atoms with van der Waals surface area (Å²) in [6, 6.07) is 3.25. The highest BCUT2D eigenvalue weighted by molar-refractivity contribution is 5.90. The van der Waals surface area contributed by atoms with Crippen LogP contribution < -0.4 is 10.6 Å². The number of ether oxygens (including phenoxy) is 1. The van der Waals surface area contributed by atoms with Crippen molar-refractivity contribution in [1.29, 1.82) is 0 Å². The van der Waals surface area contributed by atoms with Crippen molar-refractivity contribution in [3.8, 4) is 11.3 Å². The van der Waals surface area contributed by atoms with Crippen molar-refractivity contribution >= 4 is 17.9 Å². The van der Waals surface area contributed by atoms with Crippen LogP contribution in [0.15, 0.2) is 36.7 Å². The highest BCUT2D eigenvalue weighted by Gasteiger charge is 2.34. The van der Waals surface area contributed by atoms with E-state index in [0.717, 1.165) is 12.1 Å². The number of amides is 3. The second-order valence-corrected chi connectivity index (χ2v) is 8.77. The van der Waals surface area contributed by atoms with Crippen LogP contribution >= 0.6 is 0 Å². The Kier molecular flexibility index (Phi) is 6.80. The molecule has 2 aromatic rings. The molecule has 1 aliphatic rings. The molecule has 8 nitrogen and oxygen atoms in total. The topological polar surface area (TPSA) is 102 Å². The summed E-state index contributed by atoms with van der Waals surface area (Å²) in [5, 5.41) is 0. The lowest BCUT2D eigenvalue weighted by Crippen LogP contribution is -2.54. The Morgan fingerprint density at radius 2 is 1.82 bits per heavy atom. The fourth-order valence-electron chi connectivity index (χ4n) is 3.58. The summed E-state index contributed by atoms with van der Waals surface area (Å²) < 4.78 is 44.0. The van der Waals surface area contributed by atoms with Gasteiger partial charge in [0.15, 0.2) is 5.82 Å². The van der Waals surface area contributed by atoms with E-state index in [2.05, 4.69) is 9.97 Å². The molecule has 2 N–H and O–H groups in total. The summed E-state index contributed by atoms with van der Waals surface area (Å²) in [5.41, 5.74) is 4.89. The highest BCUT2D eigenvalue weighted by Crippen LogP contribution is 2.31. The molecular formula is C22H26F3N5O3. The summed E-state index contributed by atoms with van der Waals surface area (Å²) in [4.78, 5) is 36.1. The van der Waals surface area contributed by atoms with Gasteiger partial charge in [-0.2, -0.15) is 13.2 Å². The number of likely N-dealkylation sites (tertiary alicyclic amines) is 1. The molecule has 0 aliphatic carbocycles. The number of alkyl halides is 3. The van der Waals surface area contributed by atoms with Crippen LogP contribution in [0, 0.1) is 0 Å². The first-order chi connectivity index (χ1) is 15.3. The average Bonchev–Trinajstić information content (AvgIpc) is 2.72. The second kappa shape index (κ2) is 9.24. The van der Waals surface area contributed by atoms with Gasteiger partial charge < -0.3 is 15.4 Å². The number of hydrogen-bond donors (Lipinski definition) is 1. The largest absolute Gasteiger partial charge is 0.444 e. The van der Waals surface area contributed by atoms with E-state index < -0.39 is 35.5 Å². The Hall–Kier alpha value is -3.37. The summed E-state index contributed by atoms with van der Waals surface area (Å²) in [7, 11) is 0. The smallest absolute Gasteiger partial charge is 0.416 e. The first-order valence-electron chi connectivity index (χ1n) is 10.4.